The summed E-state index contributed by atoms with van der Waals surface area (Å²) < 4.78 is 1.20. The van der Waals surface area contributed by atoms with Crippen molar-refractivity contribution in [2.45, 2.75) is 19.3 Å². The van der Waals surface area contributed by atoms with Crippen molar-refractivity contribution >= 4 is 27.3 Å². The lowest BCUT2D eigenvalue weighted by Gasteiger charge is -2.38. The molecule has 2 fully saturated rings. The monoisotopic (exact) mass is 300 g/mol. The summed E-state index contributed by atoms with van der Waals surface area (Å²) in [5.41, 5.74) is 0.469. The molecular weight excluding hydrogens is 280 g/mol. The third-order valence-electron chi connectivity index (χ3n) is 5.08. The van der Waals surface area contributed by atoms with E-state index < -0.39 is 0 Å². The Morgan fingerprint density at radius 1 is 1.19 bits per heavy atom. The fraction of sp³-hybridized carbons (Fsp3) is 0.471. The molecule has 1 aromatic heterocycles. The zero-order valence-corrected chi connectivity index (χ0v) is 12.9. The highest BCUT2D eigenvalue weighted by Crippen LogP contribution is 2.37. The molecular formula is C17H20N2OS. The van der Waals surface area contributed by atoms with Crippen molar-refractivity contribution in [3.05, 3.63) is 35.2 Å². The summed E-state index contributed by atoms with van der Waals surface area (Å²) in [4.78, 5) is 15.6. The van der Waals surface area contributed by atoms with Gasteiger partial charge in [-0.3, -0.25) is 4.79 Å². The quantitative estimate of drug-likeness (QED) is 0.877. The van der Waals surface area contributed by atoms with Crippen LogP contribution in [0.2, 0.25) is 0 Å². The molecule has 0 aliphatic carbocycles. The number of nitrogens with one attached hydrogen (secondary N) is 1. The molecule has 3 heterocycles. The maximum absolute atomic E-state index is 12.7. The van der Waals surface area contributed by atoms with Crippen LogP contribution in [0.5, 0.6) is 0 Å². The third-order valence-corrected chi connectivity index (χ3v) is 6.18. The Morgan fingerprint density at radius 3 is 2.71 bits per heavy atom. The zero-order chi connectivity index (χ0) is 14.3. The summed E-state index contributed by atoms with van der Waals surface area (Å²) in [5.74, 6) is 0.219. The molecule has 1 amide bonds. The summed E-state index contributed by atoms with van der Waals surface area (Å²) >= 11 is 1.62. The number of benzene rings is 1. The van der Waals surface area contributed by atoms with E-state index in [1.54, 1.807) is 11.3 Å². The van der Waals surface area contributed by atoms with Crippen LogP contribution < -0.4 is 5.32 Å². The fourth-order valence-electron chi connectivity index (χ4n) is 3.65. The molecule has 4 heteroatoms. The van der Waals surface area contributed by atoms with E-state index in [1.165, 1.54) is 16.5 Å². The molecule has 0 radical (unpaired) electrons. The minimum absolute atomic E-state index is 0.219. The summed E-state index contributed by atoms with van der Waals surface area (Å²) in [5, 5.41) is 4.65. The second-order valence-electron chi connectivity index (χ2n) is 6.37. The van der Waals surface area contributed by atoms with E-state index in [1.807, 2.05) is 23.1 Å². The van der Waals surface area contributed by atoms with E-state index in [4.69, 9.17) is 0 Å². The van der Waals surface area contributed by atoms with Crippen LogP contribution in [0.3, 0.4) is 0 Å². The molecule has 4 rings (SSSR count). The van der Waals surface area contributed by atoms with Gasteiger partial charge in [-0.2, -0.15) is 0 Å². The second kappa shape index (κ2) is 5.11. The highest BCUT2D eigenvalue weighted by molar-refractivity contribution is 7.20. The van der Waals surface area contributed by atoms with Gasteiger partial charge in [0.2, 0.25) is 0 Å². The van der Waals surface area contributed by atoms with Gasteiger partial charge in [-0.1, -0.05) is 18.2 Å². The molecule has 0 saturated carbocycles. The fourth-order valence-corrected chi connectivity index (χ4v) is 4.68. The predicted molar refractivity (Wildman–Crippen MR) is 86.9 cm³/mol. The van der Waals surface area contributed by atoms with Gasteiger partial charge in [0, 0.05) is 24.3 Å². The number of fused-ring (bicyclic) bond motifs is 1. The van der Waals surface area contributed by atoms with Gasteiger partial charge in [-0.15, -0.1) is 11.3 Å². The number of thiophene rings is 1. The topological polar surface area (TPSA) is 32.3 Å². The number of hydrogen-bond acceptors (Lipinski definition) is 3. The smallest absolute Gasteiger partial charge is 0.263 e. The molecule has 2 aromatic rings. The molecule has 110 valence electrons. The van der Waals surface area contributed by atoms with Crippen molar-refractivity contribution < 1.29 is 4.79 Å². The van der Waals surface area contributed by atoms with Gasteiger partial charge in [-0.05, 0) is 48.7 Å². The minimum Gasteiger partial charge on any atom is -0.338 e. The largest absolute Gasteiger partial charge is 0.338 e. The van der Waals surface area contributed by atoms with Crippen LogP contribution in [0.15, 0.2) is 30.3 Å². The number of nitrogens with zero attached hydrogens (tertiary/aromatic N) is 1. The second-order valence-corrected chi connectivity index (χ2v) is 7.45. The Bertz CT molecular complexity index is 629. The maximum atomic E-state index is 12.7. The number of carbonyl (C=O) groups is 1. The summed E-state index contributed by atoms with van der Waals surface area (Å²) in [6, 6.07) is 10.3. The molecule has 0 atom stereocenters. The van der Waals surface area contributed by atoms with Gasteiger partial charge in [0.25, 0.3) is 5.91 Å². The molecule has 0 bridgehead atoms. The van der Waals surface area contributed by atoms with E-state index in [0.29, 0.717) is 5.41 Å². The van der Waals surface area contributed by atoms with E-state index in [2.05, 4.69) is 17.4 Å². The standard InChI is InChI=1S/C17H20N2OS/c20-16(15-11-13-3-1-2-4-14(13)21-15)19-9-6-17(7-10-19)5-8-18-12-17/h1-4,11,18H,5-10,12H2. The summed E-state index contributed by atoms with van der Waals surface area (Å²) in [7, 11) is 0. The number of piperidine rings is 1. The Labute approximate surface area is 128 Å². The van der Waals surface area contributed by atoms with Crippen LogP contribution in [-0.4, -0.2) is 37.0 Å². The minimum atomic E-state index is 0.219. The van der Waals surface area contributed by atoms with Crippen molar-refractivity contribution in [2.75, 3.05) is 26.2 Å². The van der Waals surface area contributed by atoms with Gasteiger partial charge < -0.3 is 10.2 Å². The van der Waals surface area contributed by atoms with E-state index in [0.717, 1.165) is 43.9 Å². The molecule has 2 saturated heterocycles. The average molecular weight is 300 g/mol. The molecule has 2 aliphatic rings. The lowest BCUT2D eigenvalue weighted by Crippen LogP contribution is -2.43. The van der Waals surface area contributed by atoms with Gasteiger partial charge in [0.1, 0.15) is 0 Å². The number of amides is 1. The van der Waals surface area contributed by atoms with Crippen LogP contribution in [-0.2, 0) is 0 Å². The highest BCUT2D eigenvalue weighted by Gasteiger charge is 2.38. The van der Waals surface area contributed by atoms with Crippen LogP contribution in [0, 0.1) is 5.41 Å². The molecule has 21 heavy (non-hydrogen) atoms. The van der Waals surface area contributed by atoms with Gasteiger partial charge in [0.15, 0.2) is 0 Å². The van der Waals surface area contributed by atoms with E-state index >= 15 is 0 Å². The third kappa shape index (κ3) is 2.36. The van der Waals surface area contributed by atoms with Gasteiger partial charge in [0.05, 0.1) is 4.88 Å². The van der Waals surface area contributed by atoms with Crippen molar-refractivity contribution in [1.82, 2.24) is 10.2 Å². The van der Waals surface area contributed by atoms with Crippen LogP contribution in [0.25, 0.3) is 10.1 Å². The first-order chi connectivity index (χ1) is 10.3. The first kappa shape index (κ1) is 13.3. The summed E-state index contributed by atoms with van der Waals surface area (Å²) in [6.45, 7) is 4.10. The molecule has 3 nitrogen and oxygen atoms in total. The Balaban J connectivity index is 1.50. The van der Waals surface area contributed by atoms with Crippen molar-refractivity contribution in [2.24, 2.45) is 5.41 Å². The zero-order valence-electron chi connectivity index (χ0n) is 12.1. The number of rotatable bonds is 1. The Kier molecular flexibility index (Phi) is 3.23. The van der Waals surface area contributed by atoms with Crippen LogP contribution in [0.4, 0.5) is 0 Å². The van der Waals surface area contributed by atoms with Crippen molar-refractivity contribution in [3.8, 4) is 0 Å². The number of likely N-dealkylation sites (tertiary alicyclic amines) is 1. The van der Waals surface area contributed by atoms with Crippen LogP contribution >= 0.6 is 11.3 Å². The Morgan fingerprint density at radius 2 is 2.00 bits per heavy atom. The van der Waals surface area contributed by atoms with Crippen molar-refractivity contribution in [3.63, 3.8) is 0 Å². The normalized spacial score (nSPS) is 21.2. The van der Waals surface area contributed by atoms with Gasteiger partial charge >= 0.3 is 0 Å². The maximum Gasteiger partial charge on any atom is 0.263 e. The summed E-state index contributed by atoms with van der Waals surface area (Å²) in [6.07, 6.45) is 3.57. The first-order valence-electron chi connectivity index (χ1n) is 7.74. The molecule has 0 unspecified atom stereocenters. The first-order valence-corrected chi connectivity index (χ1v) is 8.56. The number of carbonyl (C=O) groups excluding carboxylic acids is 1. The SMILES string of the molecule is O=C(c1cc2ccccc2s1)N1CCC2(CCNC2)CC1. The average Bonchev–Trinajstić information content (AvgIpc) is 3.14. The lowest BCUT2D eigenvalue weighted by molar-refractivity contribution is 0.0612. The van der Waals surface area contributed by atoms with Crippen molar-refractivity contribution in [1.29, 1.82) is 0 Å². The molecule has 2 aliphatic heterocycles. The van der Waals surface area contributed by atoms with Gasteiger partial charge in [-0.25, -0.2) is 0 Å². The predicted octanol–water partition coefficient (Wildman–Crippen LogP) is 3.12. The molecule has 1 spiro atoms. The molecule has 1 aromatic carbocycles. The van der Waals surface area contributed by atoms with E-state index in [-0.39, 0.29) is 5.91 Å². The number of hydrogen-bond donors (Lipinski definition) is 1. The lowest BCUT2D eigenvalue weighted by atomic mass is 9.78. The van der Waals surface area contributed by atoms with E-state index in [9.17, 15) is 4.79 Å². The molecule has 1 N–H and O–H groups in total. The highest BCUT2D eigenvalue weighted by atomic mass is 32.1. The van der Waals surface area contributed by atoms with Crippen LogP contribution in [0.1, 0.15) is 28.9 Å². The Hall–Kier alpha value is -1.39.